The Kier molecular flexibility index (Phi) is 4.80. The molecular formula is C17H24F3NO2Si. The molecule has 1 heterocycles. The SMILES string of the molecule is Cc1c(O)n(CCO[Si](C)(C)C(C)(C)C)c2c(F)c(F)cc(F)c12. The molecule has 0 aliphatic heterocycles. The van der Waals surface area contributed by atoms with Gasteiger partial charge in [-0.2, -0.15) is 0 Å². The zero-order valence-electron chi connectivity index (χ0n) is 14.9. The Morgan fingerprint density at radius 3 is 2.29 bits per heavy atom. The van der Waals surface area contributed by atoms with E-state index >= 15 is 0 Å². The van der Waals surface area contributed by atoms with Crippen molar-refractivity contribution in [3.05, 3.63) is 29.1 Å². The molecule has 2 rings (SSSR count). The number of hydrogen-bond donors (Lipinski definition) is 1. The van der Waals surface area contributed by atoms with Crippen LogP contribution in [-0.4, -0.2) is 24.6 Å². The van der Waals surface area contributed by atoms with E-state index in [1.807, 2.05) is 0 Å². The summed E-state index contributed by atoms with van der Waals surface area (Å²) < 4.78 is 48.9. The number of nitrogens with zero attached hydrogens (tertiary/aromatic N) is 1. The van der Waals surface area contributed by atoms with Gasteiger partial charge in [-0.3, -0.25) is 0 Å². The summed E-state index contributed by atoms with van der Waals surface area (Å²) in [5.41, 5.74) is -0.0740. The third kappa shape index (κ3) is 3.07. The average Bonchev–Trinajstić information content (AvgIpc) is 2.69. The number of fused-ring (bicyclic) bond motifs is 1. The van der Waals surface area contributed by atoms with Gasteiger partial charge in [0.25, 0.3) is 0 Å². The van der Waals surface area contributed by atoms with Gasteiger partial charge in [0.1, 0.15) is 5.82 Å². The number of aryl methyl sites for hydroxylation is 1. The third-order valence-corrected chi connectivity index (χ3v) is 9.50. The van der Waals surface area contributed by atoms with Crippen LogP contribution >= 0.6 is 0 Å². The smallest absolute Gasteiger partial charge is 0.195 e. The van der Waals surface area contributed by atoms with Crippen molar-refractivity contribution in [2.75, 3.05) is 6.61 Å². The summed E-state index contributed by atoms with van der Waals surface area (Å²) in [6.07, 6.45) is 0. The lowest BCUT2D eigenvalue weighted by Gasteiger charge is -2.36. The molecule has 0 unspecified atom stereocenters. The molecule has 0 aliphatic rings. The Balaban J connectivity index is 2.39. The van der Waals surface area contributed by atoms with Crippen LogP contribution in [0.25, 0.3) is 10.9 Å². The largest absolute Gasteiger partial charge is 0.494 e. The molecule has 0 atom stereocenters. The van der Waals surface area contributed by atoms with E-state index in [0.29, 0.717) is 6.07 Å². The van der Waals surface area contributed by atoms with Crippen molar-refractivity contribution in [2.45, 2.75) is 52.4 Å². The number of halogens is 3. The van der Waals surface area contributed by atoms with Crippen LogP contribution in [0.3, 0.4) is 0 Å². The van der Waals surface area contributed by atoms with E-state index in [-0.39, 0.29) is 40.5 Å². The summed E-state index contributed by atoms with van der Waals surface area (Å²) >= 11 is 0. The predicted molar refractivity (Wildman–Crippen MR) is 91.4 cm³/mol. The van der Waals surface area contributed by atoms with Gasteiger partial charge >= 0.3 is 0 Å². The highest BCUT2D eigenvalue weighted by Crippen LogP contribution is 2.37. The lowest BCUT2D eigenvalue weighted by molar-refractivity contribution is 0.265. The van der Waals surface area contributed by atoms with E-state index in [1.165, 1.54) is 11.5 Å². The second kappa shape index (κ2) is 6.11. The molecule has 0 amide bonds. The maximum absolute atomic E-state index is 14.2. The molecule has 3 nitrogen and oxygen atoms in total. The van der Waals surface area contributed by atoms with Crippen LogP contribution in [0.4, 0.5) is 13.2 Å². The molecular weight excluding hydrogens is 335 g/mol. The summed E-state index contributed by atoms with van der Waals surface area (Å²) in [6.45, 7) is 12.2. The van der Waals surface area contributed by atoms with E-state index in [1.54, 1.807) is 0 Å². The maximum atomic E-state index is 14.2. The van der Waals surface area contributed by atoms with Gasteiger partial charge in [-0.1, -0.05) is 20.8 Å². The number of aromatic nitrogens is 1. The first-order chi connectivity index (χ1) is 10.9. The molecule has 0 fully saturated rings. The zero-order valence-corrected chi connectivity index (χ0v) is 15.9. The van der Waals surface area contributed by atoms with Crippen molar-refractivity contribution in [1.29, 1.82) is 0 Å². The Labute approximate surface area is 141 Å². The number of hydrogen-bond acceptors (Lipinski definition) is 2. The molecule has 1 N–H and O–H groups in total. The fraction of sp³-hybridized carbons (Fsp3) is 0.529. The summed E-state index contributed by atoms with van der Waals surface area (Å²) in [4.78, 5) is 0. The minimum Gasteiger partial charge on any atom is -0.494 e. The summed E-state index contributed by atoms with van der Waals surface area (Å²) in [6, 6.07) is 0.501. The van der Waals surface area contributed by atoms with E-state index in [4.69, 9.17) is 4.43 Å². The summed E-state index contributed by atoms with van der Waals surface area (Å²) in [7, 11) is -2.01. The Bertz CT molecular complexity index is 779. The van der Waals surface area contributed by atoms with Crippen LogP contribution in [0.5, 0.6) is 5.88 Å². The van der Waals surface area contributed by atoms with Crippen molar-refractivity contribution >= 4 is 19.2 Å². The van der Waals surface area contributed by atoms with Crippen LogP contribution in [0.15, 0.2) is 6.07 Å². The van der Waals surface area contributed by atoms with E-state index < -0.39 is 25.8 Å². The third-order valence-electron chi connectivity index (χ3n) is 4.97. The monoisotopic (exact) mass is 359 g/mol. The van der Waals surface area contributed by atoms with Gasteiger partial charge in [0.05, 0.1) is 12.1 Å². The van der Waals surface area contributed by atoms with Crippen LogP contribution in [0, 0.1) is 24.4 Å². The van der Waals surface area contributed by atoms with Crippen molar-refractivity contribution in [1.82, 2.24) is 4.57 Å². The van der Waals surface area contributed by atoms with Gasteiger partial charge in [-0.15, -0.1) is 0 Å². The van der Waals surface area contributed by atoms with Gasteiger partial charge < -0.3 is 14.1 Å². The molecule has 0 aliphatic carbocycles. The lowest BCUT2D eigenvalue weighted by Crippen LogP contribution is -2.41. The Morgan fingerprint density at radius 1 is 1.17 bits per heavy atom. The Hall–Kier alpha value is -1.47. The normalized spacial score (nSPS) is 13.0. The average molecular weight is 359 g/mol. The van der Waals surface area contributed by atoms with E-state index in [2.05, 4.69) is 33.9 Å². The minimum atomic E-state index is -2.01. The number of rotatable bonds is 4. The molecule has 1 aromatic heterocycles. The van der Waals surface area contributed by atoms with E-state index in [0.717, 1.165) is 0 Å². The van der Waals surface area contributed by atoms with Gasteiger partial charge in [-0.05, 0) is 25.1 Å². The topological polar surface area (TPSA) is 34.4 Å². The number of benzene rings is 1. The van der Waals surface area contributed by atoms with E-state index in [9.17, 15) is 18.3 Å². The summed E-state index contributed by atoms with van der Waals surface area (Å²) in [5, 5.41) is 10.1. The fourth-order valence-corrected chi connectivity index (χ4v) is 3.47. The molecule has 0 saturated heterocycles. The zero-order chi connectivity index (χ0) is 18.4. The first-order valence-electron chi connectivity index (χ1n) is 7.87. The molecule has 24 heavy (non-hydrogen) atoms. The number of aromatic hydroxyl groups is 1. The van der Waals surface area contributed by atoms with Gasteiger partial charge in [0.15, 0.2) is 25.8 Å². The summed E-state index contributed by atoms with van der Waals surface area (Å²) in [5.74, 6) is -3.60. The molecule has 2 aromatic rings. The molecule has 7 heteroatoms. The maximum Gasteiger partial charge on any atom is 0.195 e. The molecule has 1 aromatic carbocycles. The second-order valence-corrected chi connectivity index (χ2v) is 12.4. The fourth-order valence-electron chi connectivity index (χ4n) is 2.44. The quantitative estimate of drug-likeness (QED) is 0.609. The minimum absolute atomic E-state index is 0.00713. The first kappa shape index (κ1) is 18.9. The van der Waals surface area contributed by atoms with Crippen molar-refractivity contribution < 1.29 is 22.7 Å². The van der Waals surface area contributed by atoms with Crippen LogP contribution in [0.2, 0.25) is 18.1 Å². The van der Waals surface area contributed by atoms with Crippen molar-refractivity contribution in [3.63, 3.8) is 0 Å². The van der Waals surface area contributed by atoms with Crippen molar-refractivity contribution in [2.24, 2.45) is 0 Å². The Morgan fingerprint density at radius 2 is 1.75 bits per heavy atom. The predicted octanol–water partition coefficient (Wildman–Crippen LogP) is 5.09. The highest BCUT2D eigenvalue weighted by atomic mass is 28.4. The highest BCUT2D eigenvalue weighted by Gasteiger charge is 2.37. The van der Waals surface area contributed by atoms with Crippen LogP contribution in [0.1, 0.15) is 26.3 Å². The lowest BCUT2D eigenvalue weighted by atomic mass is 10.1. The first-order valence-corrected chi connectivity index (χ1v) is 10.8. The molecule has 0 radical (unpaired) electrons. The van der Waals surface area contributed by atoms with Gasteiger partial charge in [0, 0.05) is 23.6 Å². The molecule has 0 bridgehead atoms. The van der Waals surface area contributed by atoms with Crippen LogP contribution < -0.4 is 0 Å². The highest BCUT2D eigenvalue weighted by molar-refractivity contribution is 6.74. The van der Waals surface area contributed by atoms with Gasteiger partial charge in [-0.25, -0.2) is 13.2 Å². The van der Waals surface area contributed by atoms with Crippen molar-refractivity contribution in [3.8, 4) is 5.88 Å². The van der Waals surface area contributed by atoms with Gasteiger partial charge in [0.2, 0.25) is 0 Å². The second-order valence-electron chi connectivity index (χ2n) is 7.59. The standard InChI is InChI=1S/C17H24F3NO2Si/c1-10-13-11(18)9-12(19)14(20)15(13)21(16(10)22)7-8-23-24(5,6)17(2,3)4/h9,22H,7-8H2,1-6H3. The molecule has 0 spiro atoms. The van der Waals surface area contributed by atoms with Crippen LogP contribution in [-0.2, 0) is 11.0 Å². The molecule has 134 valence electrons. The molecule has 0 saturated carbocycles.